The highest BCUT2D eigenvalue weighted by Gasteiger charge is 2.42. The Hall–Kier alpha value is -0.890. The maximum atomic E-state index is 13.8. The Balaban J connectivity index is 1.70. The van der Waals surface area contributed by atoms with Gasteiger partial charge in [-0.15, -0.1) is 0 Å². The predicted octanol–water partition coefficient (Wildman–Crippen LogP) is 3.54. The zero-order valence-electron chi connectivity index (χ0n) is 11.1. The van der Waals surface area contributed by atoms with Crippen molar-refractivity contribution in [3.8, 4) is 0 Å². The Morgan fingerprint density at radius 1 is 1.22 bits per heavy atom. The number of hydrogen-bond donors (Lipinski definition) is 1. The van der Waals surface area contributed by atoms with Crippen LogP contribution in [0.3, 0.4) is 0 Å². The Kier molecular flexibility index (Phi) is 3.14. The van der Waals surface area contributed by atoms with Gasteiger partial charge in [-0.3, -0.25) is 0 Å². The first-order valence-electron chi connectivity index (χ1n) is 7.14. The van der Waals surface area contributed by atoms with Gasteiger partial charge in [-0.05, 0) is 55.1 Å². The van der Waals surface area contributed by atoms with Crippen molar-refractivity contribution in [1.29, 1.82) is 0 Å². The van der Waals surface area contributed by atoms with Crippen molar-refractivity contribution in [2.24, 2.45) is 11.3 Å². The van der Waals surface area contributed by atoms with Gasteiger partial charge in [0.1, 0.15) is 5.82 Å². The summed E-state index contributed by atoms with van der Waals surface area (Å²) in [5.74, 6) is 0.735. The maximum Gasteiger partial charge on any atom is 0.126 e. The van der Waals surface area contributed by atoms with Crippen LogP contribution in [0.25, 0.3) is 0 Å². The second kappa shape index (κ2) is 4.65. The lowest BCUT2D eigenvalue weighted by Gasteiger charge is -2.30. The first-order chi connectivity index (χ1) is 8.67. The Bertz CT molecular complexity index is 423. The van der Waals surface area contributed by atoms with Gasteiger partial charge in [-0.2, -0.15) is 0 Å². The van der Waals surface area contributed by atoms with Crippen LogP contribution in [-0.4, -0.2) is 12.6 Å². The molecule has 0 saturated heterocycles. The minimum absolute atomic E-state index is 0.0456. The van der Waals surface area contributed by atoms with Crippen LogP contribution in [0.2, 0.25) is 0 Å². The molecule has 0 bridgehead atoms. The molecule has 2 fully saturated rings. The van der Waals surface area contributed by atoms with E-state index in [-0.39, 0.29) is 11.2 Å². The van der Waals surface area contributed by atoms with Gasteiger partial charge in [-0.1, -0.05) is 25.1 Å². The van der Waals surface area contributed by atoms with Crippen LogP contribution in [0, 0.1) is 17.2 Å². The van der Waals surface area contributed by atoms with E-state index in [0.29, 0.717) is 0 Å². The topological polar surface area (TPSA) is 12.0 Å². The normalized spacial score (nSPS) is 22.8. The number of hydrogen-bond acceptors (Lipinski definition) is 1. The van der Waals surface area contributed by atoms with Gasteiger partial charge in [0.2, 0.25) is 0 Å². The molecule has 0 spiro atoms. The Labute approximate surface area is 109 Å². The average molecular weight is 247 g/mol. The van der Waals surface area contributed by atoms with Crippen LogP contribution < -0.4 is 5.32 Å². The van der Waals surface area contributed by atoms with E-state index in [2.05, 4.69) is 12.2 Å². The molecule has 0 aliphatic heterocycles. The third-order valence-electron chi connectivity index (χ3n) is 4.49. The summed E-state index contributed by atoms with van der Waals surface area (Å²) in [5, 5.41) is 3.64. The van der Waals surface area contributed by atoms with E-state index in [0.717, 1.165) is 30.5 Å². The summed E-state index contributed by atoms with van der Waals surface area (Å²) < 4.78 is 13.8. The van der Waals surface area contributed by atoms with Gasteiger partial charge in [0, 0.05) is 12.6 Å². The Morgan fingerprint density at radius 2 is 1.94 bits per heavy atom. The van der Waals surface area contributed by atoms with Crippen LogP contribution in [0.1, 0.15) is 38.2 Å². The molecule has 1 nitrogen and oxygen atoms in total. The molecule has 2 heteroatoms. The molecule has 2 saturated carbocycles. The van der Waals surface area contributed by atoms with Crippen molar-refractivity contribution >= 4 is 0 Å². The molecule has 1 unspecified atom stereocenters. The number of rotatable bonds is 6. The molecule has 0 amide bonds. The largest absolute Gasteiger partial charge is 0.313 e. The van der Waals surface area contributed by atoms with Gasteiger partial charge in [-0.25, -0.2) is 4.39 Å². The lowest BCUT2D eigenvalue weighted by molar-refractivity contribution is 0.252. The molecule has 3 rings (SSSR count). The van der Waals surface area contributed by atoms with Crippen molar-refractivity contribution in [3.63, 3.8) is 0 Å². The number of halogens is 1. The SMILES string of the molecule is CC(CNC1CC1)(Cc1ccccc1F)C1CC1. The van der Waals surface area contributed by atoms with Crippen LogP contribution >= 0.6 is 0 Å². The first-order valence-corrected chi connectivity index (χ1v) is 7.14. The monoisotopic (exact) mass is 247 g/mol. The molecule has 1 atom stereocenters. The smallest absolute Gasteiger partial charge is 0.126 e. The van der Waals surface area contributed by atoms with Crippen molar-refractivity contribution in [2.75, 3.05) is 6.54 Å². The van der Waals surface area contributed by atoms with E-state index >= 15 is 0 Å². The molecule has 2 aliphatic carbocycles. The van der Waals surface area contributed by atoms with E-state index in [1.54, 1.807) is 12.1 Å². The average Bonchev–Trinajstić information content (AvgIpc) is 3.22. The number of benzene rings is 1. The highest BCUT2D eigenvalue weighted by atomic mass is 19.1. The van der Waals surface area contributed by atoms with Crippen molar-refractivity contribution in [3.05, 3.63) is 35.6 Å². The second-order valence-corrected chi connectivity index (χ2v) is 6.35. The van der Waals surface area contributed by atoms with Crippen LogP contribution in [0.5, 0.6) is 0 Å². The molecular formula is C16H22FN. The molecule has 0 heterocycles. The quantitative estimate of drug-likeness (QED) is 0.811. The lowest BCUT2D eigenvalue weighted by atomic mass is 9.78. The van der Waals surface area contributed by atoms with Gasteiger partial charge < -0.3 is 5.32 Å². The van der Waals surface area contributed by atoms with Crippen LogP contribution in [-0.2, 0) is 6.42 Å². The van der Waals surface area contributed by atoms with Gasteiger partial charge in [0.25, 0.3) is 0 Å². The molecule has 2 aliphatic rings. The lowest BCUT2D eigenvalue weighted by Crippen LogP contribution is -2.36. The molecule has 0 aromatic heterocycles. The molecule has 1 N–H and O–H groups in total. The summed E-state index contributed by atoms with van der Waals surface area (Å²) in [7, 11) is 0. The van der Waals surface area contributed by atoms with E-state index in [4.69, 9.17) is 0 Å². The molecule has 98 valence electrons. The van der Waals surface area contributed by atoms with E-state index < -0.39 is 0 Å². The summed E-state index contributed by atoms with van der Waals surface area (Å²) in [5.41, 5.74) is 1.11. The molecule has 0 radical (unpaired) electrons. The summed E-state index contributed by atoms with van der Waals surface area (Å²) in [6.07, 6.45) is 6.14. The third-order valence-corrected chi connectivity index (χ3v) is 4.49. The maximum absolute atomic E-state index is 13.8. The third kappa shape index (κ3) is 2.74. The summed E-state index contributed by atoms with van der Waals surface area (Å²) in [6, 6.07) is 7.98. The van der Waals surface area contributed by atoms with E-state index in [1.807, 2.05) is 12.1 Å². The second-order valence-electron chi connectivity index (χ2n) is 6.35. The molecule has 18 heavy (non-hydrogen) atoms. The highest BCUT2D eigenvalue weighted by molar-refractivity contribution is 5.20. The summed E-state index contributed by atoms with van der Waals surface area (Å²) >= 11 is 0. The van der Waals surface area contributed by atoms with Crippen molar-refractivity contribution in [1.82, 2.24) is 5.32 Å². The summed E-state index contributed by atoms with van der Waals surface area (Å²) in [6.45, 7) is 3.36. The van der Waals surface area contributed by atoms with Crippen molar-refractivity contribution < 1.29 is 4.39 Å². The fraction of sp³-hybridized carbons (Fsp3) is 0.625. The zero-order chi connectivity index (χ0) is 12.6. The van der Waals surface area contributed by atoms with Gasteiger partial charge >= 0.3 is 0 Å². The molecular weight excluding hydrogens is 225 g/mol. The van der Waals surface area contributed by atoms with Gasteiger partial charge in [0.15, 0.2) is 0 Å². The standard InChI is InChI=1S/C16H22FN/c1-16(13-6-7-13,11-18-14-8-9-14)10-12-4-2-3-5-15(12)17/h2-5,13-14,18H,6-11H2,1H3. The molecule has 1 aromatic rings. The van der Waals surface area contributed by atoms with E-state index in [9.17, 15) is 4.39 Å². The fourth-order valence-electron chi connectivity index (χ4n) is 2.87. The number of nitrogens with one attached hydrogen (secondary N) is 1. The predicted molar refractivity (Wildman–Crippen MR) is 72.0 cm³/mol. The summed E-state index contributed by atoms with van der Waals surface area (Å²) in [4.78, 5) is 0. The Morgan fingerprint density at radius 3 is 2.56 bits per heavy atom. The minimum Gasteiger partial charge on any atom is -0.313 e. The highest BCUT2D eigenvalue weighted by Crippen LogP contribution is 2.47. The minimum atomic E-state index is -0.0456. The molecule has 1 aromatic carbocycles. The van der Waals surface area contributed by atoms with Crippen LogP contribution in [0.15, 0.2) is 24.3 Å². The zero-order valence-corrected chi connectivity index (χ0v) is 11.1. The van der Waals surface area contributed by atoms with E-state index in [1.165, 1.54) is 25.7 Å². The van der Waals surface area contributed by atoms with Crippen LogP contribution in [0.4, 0.5) is 4.39 Å². The van der Waals surface area contributed by atoms with Gasteiger partial charge in [0.05, 0.1) is 0 Å². The first kappa shape index (κ1) is 12.2. The van der Waals surface area contributed by atoms with Crippen molar-refractivity contribution in [2.45, 2.75) is 45.1 Å². The fourth-order valence-corrected chi connectivity index (χ4v) is 2.87.